The van der Waals surface area contributed by atoms with Gasteiger partial charge >= 0.3 is 11.9 Å². The van der Waals surface area contributed by atoms with Gasteiger partial charge in [-0.1, -0.05) is 25.3 Å². The Hall–Kier alpha value is -3.87. The lowest BCUT2D eigenvalue weighted by Crippen LogP contribution is -2.21. The van der Waals surface area contributed by atoms with Crippen LogP contribution in [-0.2, 0) is 25.7 Å². The van der Waals surface area contributed by atoms with Gasteiger partial charge in [-0.15, -0.1) is 0 Å². The lowest BCUT2D eigenvalue weighted by Gasteiger charge is -2.17. The van der Waals surface area contributed by atoms with E-state index in [2.05, 4.69) is 13.2 Å². The fourth-order valence-corrected chi connectivity index (χ4v) is 2.53. The zero-order valence-electron chi connectivity index (χ0n) is 17.6. The second-order valence-corrected chi connectivity index (χ2v) is 6.89. The van der Waals surface area contributed by atoms with Crippen LogP contribution in [0.25, 0.3) is 0 Å². The quantitative estimate of drug-likeness (QED) is 0.280. The van der Waals surface area contributed by atoms with Gasteiger partial charge in [0.2, 0.25) is 6.29 Å². The van der Waals surface area contributed by atoms with E-state index < -0.39 is 24.0 Å². The Morgan fingerprint density at radius 3 is 2.23 bits per heavy atom. The van der Waals surface area contributed by atoms with E-state index in [0.29, 0.717) is 5.56 Å². The standard InChI is InChI=1S/C24H24O7/c1-14(2)23(27)29-13-17-12-18(30-16(5)31-24(28)15(3)4)10-11-19(17)22(26)20-8-6-7-9-21(20)25/h6-12,16,25H,1,3,13H2,2,4-5H3. The number of esters is 2. The van der Waals surface area contributed by atoms with Gasteiger partial charge in [0.25, 0.3) is 0 Å². The number of rotatable bonds is 9. The number of para-hydroxylation sites is 1. The molecule has 0 saturated carbocycles. The molecular formula is C24H24O7. The van der Waals surface area contributed by atoms with Crippen LogP contribution in [0.1, 0.15) is 42.3 Å². The molecule has 2 aromatic carbocycles. The molecule has 0 aromatic heterocycles. The first-order valence-electron chi connectivity index (χ1n) is 9.41. The molecule has 0 radical (unpaired) electrons. The topological polar surface area (TPSA) is 99.1 Å². The van der Waals surface area contributed by atoms with Crippen LogP contribution in [-0.4, -0.2) is 29.1 Å². The van der Waals surface area contributed by atoms with Gasteiger partial charge < -0.3 is 19.3 Å². The third kappa shape index (κ3) is 6.30. The van der Waals surface area contributed by atoms with Crippen molar-refractivity contribution in [2.75, 3.05) is 0 Å². The molecule has 2 aromatic rings. The third-order valence-corrected chi connectivity index (χ3v) is 4.10. The minimum absolute atomic E-state index is 0.104. The zero-order chi connectivity index (χ0) is 23.1. The van der Waals surface area contributed by atoms with Crippen molar-refractivity contribution >= 4 is 17.7 Å². The maximum absolute atomic E-state index is 13.0. The van der Waals surface area contributed by atoms with Crippen LogP contribution in [0.5, 0.6) is 11.5 Å². The highest BCUT2D eigenvalue weighted by atomic mass is 16.7. The van der Waals surface area contributed by atoms with Crippen LogP contribution < -0.4 is 4.74 Å². The molecule has 2 rings (SSSR count). The maximum atomic E-state index is 13.0. The number of aromatic hydroxyl groups is 1. The van der Waals surface area contributed by atoms with E-state index in [1.807, 2.05) is 0 Å². The number of hydrogen-bond acceptors (Lipinski definition) is 7. The molecule has 0 saturated heterocycles. The molecule has 1 N–H and O–H groups in total. The maximum Gasteiger partial charge on any atom is 0.336 e. The van der Waals surface area contributed by atoms with Gasteiger partial charge in [-0.25, -0.2) is 9.59 Å². The number of hydrogen-bond donors (Lipinski definition) is 1. The predicted octanol–water partition coefficient (Wildman–Crippen LogP) is 4.09. The first-order valence-corrected chi connectivity index (χ1v) is 9.41. The van der Waals surface area contributed by atoms with Crippen LogP contribution in [0.4, 0.5) is 0 Å². The number of phenols is 1. The van der Waals surface area contributed by atoms with Crippen molar-refractivity contribution in [3.63, 3.8) is 0 Å². The van der Waals surface area contributed by atoms with E-state index in [4.69, 9.17) is 14.2 Å². The van der Waals surface area contributed by atoms with Gasteiger partial charge in [-0.2, -0.15) is 0 Å². The van der Waals surface area contributed by atoms with Crippen LogP contribution in [0.2, 0.25) is 0 Å². The van der Waals surface area contributed by atoms with E-state index in [1.54, 1.807) is 12.1 Å². The second-order valence-electron chi connectivity index (χ2n) is 6.89. The summed E-state index contributed by atoms with van der Waals surface area (Å²) in [5.41, 5.74) is 1.11. The van der Waals surface area contributed by atoms with Crippen LogP contribution in [0, 0.1) is 0 Å². The molecule has 1 atom stereocenters. The number of carbonyl (C=O) groups excluding carboxylic acids is 3. The smallest absolute Gasteiger partial charge is 0.336 e. The summed E-state index contributed by atoms with van der Waals surface area (Å²) < 4.78 is 15.9. The number of carbonyl (C=O) groups is 3. The van der Waals surface area contributed by atoms with Crippen LogP contribution in [0.15, 0.2) is 66.8 Å². The fraction of sp³-hybridized carbons (Fsp3) is 0.208. The van der Waals surface area contributed by atoms with Gasteiger partial charge in [-0.3, -0.25) is 4.79 Å². The summed E-state index contributed by atoms with van der Waals surface area (Å²) in [6, 6.07) is 10.6. The molecule has 1 unspecified atom stereocenters. The minimum atomic E-state index is -0.922. The van der Waals surface area contributed by atoms with Gasteiger partial charge in [-0.05, 0) is 44.2 Å². The molecule has 0 heterocycles. The molecular weight excluding hydrogens is 400 g/mol. The van der Waals surface area contributed by atoms with E-state index in [-0.39, 0.29) is 40.4 Å². The SMILES string of the molecule is C=C(C)C(=O)OCc1cc(OC(C)OC(=O)C(=C)C)ccc1C(=O)c1ccccc1O. The van der Waals surface area contributed by atoms with Crippen molar-refractivity contribution in [1.29, 1.82) is 0 Å². The summed E-state index contributed by atoms with van der Waals surface area (Å²) in [5, 5.41) is 10.0. The highest BCUT2D eigenvalue weighted by Crippen LogP contribution is 2.26. The molecule has 0 fully saturated rings. The van der Waals surface area contributed by atoms with E-state index in [9.17, 15) is 19.5 Å². The van der Waals surface area contributed by atoms with Crippen molar-refractivity contribution in [2.24, 2.45) is 0 Å². The van der Waals surface area contributed by atoms with Gasteiger partial charge in [0, 0.05) is 29.2 Å². The molecule has 0 spiro atoms. The van der Waals surface area contributed by atoms with Gasteiger partial charge in [0.1, 0.15) is 18.1 Å². The predicted molar refractivity (Wildman–Crippen MR) is 114 cm³/mol. The summed E-state index contributed by atoms with van der Waals surface area (Å²) in [5.74, 6) is -1.55. The Morgan fingerprint density at radius 1 is 0.968 bits per heavy atom. The largest absolute Gasteiger partial charge is 0.507 e. The normalized spacial score (nSPS) is 11.2. The average molecular weight is 424 g/mol. The van der Waals surface area contributed by atoms with E-state index >= 15 is 0 Å². The summed E-state index contributed by atoms with van der Waals surface area (Å²) in [4.78, 5) is 36.5. The molecule has 31 heavy (non-hydrogen) atoms. The first kappa shape index (κ1) is 23.4. The zero-order valence-corrected chi connectivity index (χ0v) is 17.6. The van der Waals surface area contributed by atoms with Crippen molar-refractivity contribution < 1.29 is 33.7 Å². The molecule has 0 aliphatic heterocycles. The Morgan fingerprint density at radius 2 is 1.61 bits per heavy atom. The van der Waals surface area contributed by atoms with Crippen molar-refractivity contribution in [1.82, 2.24) is 0 Å². The third-order valence-electron chi connectivity index (χ3n) is 4.10. The van der Waals surface area contributed by atoms with Crippen LogP contribution >= 0.6 is 0 Å². The van der Waals surface area contributed by atoms with Gasteiger partial charge in [0.15, 0.2) is 5.78 Å². The van der Waals surface area contributed by atoms with E-state index in [0.717, 1.165) is 0 Å². The molecule has 0 aliphatic carbocycles. The first-order chi connectivity index (χ1) is 14.6. The van der Waals surface area contributed by atoms with Crippen molar-refractivity contribution in [3.05, 3.63) is 83.5 Å². The number of phenolic OH excluding ortho intramolecular Hbond substituents is 1. The minimum Gasteiger partial charge on any atom is -0.507 e. The summed E-state index contributed by atoms with van der Waals surface area (Å²) in [7, 11) is 0. The summed E-state index contributed by atoms with van der Waals surface area (Å²) >= 11 is 0. The molecule has 0 amide bonds. The Balaban J connectivity index is 2.34. The number of benzene rings is 2. The fourth-order valence-electron chi connectivity index (χ4n) is 2.53. The molecule has 0 bridgehead atoms. The molecule has 7 heteroatoms. The van der Waals surface area contributed by atoms with E-state index in [1.165, 1.54) is 51.1 Å². The lowest BCUT2D eigenvalue weighted by atomic mass is 9.97. The monoisotopic (exact) mass is 424 g/mol. The summed E-state index contributed by atoms with van der Waals surface area (Å²) in [6.07, 6.45) is -0.922. The molecule has 0 aliphatic rings. The Kier molecular flexibility index (Phi) is 7.74. The van der Waals surface area contributed by atoms with Crippen molar-refractivity contribution in [3.8, 4) is 11.5 Å². The average Bonchev–Trinajstić information content (AvgIpc) is 2.71. The number of ketones is 1. The number of ether oxygens (including phenoxy) is 3. The molecule has 7 nitrogen and oxygen atoms in total. The highest BCUT2D eigenvalue weighted by molar-refractivity contribution is 6.11. The summed E-state index contributed by atoms with van der Waals surface area (Å²) in [6.45, 7) is 11.4. The van der Waals surface area contributed by atoms with Crippen LogP contribution in [0.3, 0.4) is 0 Å². The molecule has 162 valence electrons. The Bertz CT molecular complexity index is 1040. The highest BCUT2D eigenvalue weighted by Gasteiger charge is 2.20. The Labute approximate surface area is 180 Å². The van der Waals surface area contributed by atoms with Gasteiger partial charge in [0.05, 0.1) is 5.56 Å². The lowest BCUT2D eigenvalue weighted by molar-refractivity contribution is -0.156. The van der Waals surface area contributed by atoms with Crippen molar-refractivity contribution in [2.45, 2.75) is 33.7 Å². The second kappa shape index (κ2) is 10.2.